The molecule has 0 spiro atoms. The summed E-state index contributed by atoms with van der Waals surface area (Å²) in [5, 5.41) is 22.5. The van der Waals surface area contributed by atoms with Crippen molar-refractivity contribution in [1.82, 2.24) is 5.32 Å². The first-order valence-electron chi connectivity index (χ1n) is 5.21. The van der Waals surface area contributed by atoms with Gasteiger partial charge >= 0.3 is 0 Å². The van der Waals surface area contributed by atoms with Crippen LogP contribution < -0.4 is 5.32 Å². The van der Waals surface area contributed by atoms with E-state index in [0.717, 1.165) is 18.2 Å². The monoisotopic (exact) mass is 248 g/mol. The highest BCUT2D eigenvalue weighted by Crippen LogP contribution is 2.22. The summed E-state index contributed by atoms with van der Waals surface area (Å²) in [6.07, 6.45) is 0.467. The van der Waals surface area contributed by atoms with Gasteiger partial charge in [-0.1, -0.05) is 0 Å². The number of nitro benzene ring substituents is 1. The summed E-state index contributed by atoms with van der Waals surface area (Å²) in [5.41, 5.74) is -0.503. The SMILES string of the molecule is CC#CCCNC(=O)c1cc(O)ccc1[N+](=O)[O-]. The van der Waals surface area contributed by atoms with Crippen molar-refractivity contribution in [3.8, 4) is 17.6 Å². The van der Waals surface area contributed by atoms with Crippen molar-refractivity contribution in [2.75, 3.05) is 6.54 Å². The number of amides is 1. The summed E-state index contributed by atoms with van der Waals surface area (Å²) in [4.78, 5) is 21.8. The van der Waals surface area contributed by atoms with E-state index < -0.39 is 10.8 Å². The number of phenols is 1. The zero-order valence-electron chi connectivity index (χ0n) is 9.77. The summed E-state index contributed by atoms with van der Waals surface area (Å²) in [5.74, 6) is 4.63. The van der Waals surface area contributed by atoms with E-state index in [1.54, 1.807) is 6.92 Å². The van der Waals surface area contributed by atoms with Gasteiger partial charge in [0.05, 0.1) is 4.92 Å². The van der Waals surface area contributed by atoms with Crippen LogP contribution in [0.1, 0.15) is 23.7 Å². The fourth-order valence-corrected chi connectivity index (χ4v) is 1.32. The Kier molecular flexibility index (Phi) is 4.69. The van der Waals surface area contributed by atoms with E-state index in [9.17, 15) is 20.0 Å². The summed E-state index contributed by atoms with van der Waals surface area (Å²) >= 11 is 0. The smallest absolute Gasteiger partial charge is 0.282 e. The minimum absolute atomic E-state index is 0.163. The van der Waals surface area contributed by atoms with Gasteiger partial charge in [-0.25, -0.2) is 0 Å². The molecule has 1 rings (SSSR count). The van der Waals surface area contributed by atoms with E-state index in [1.165, 1.54) is 0 Å². The number of benzene rings is 1. The van der Waals surface area contributed by atoms with Crippen molar-refractivity contribution >= 4 is 11.6 Å². The second-order valence-corrected chi connectivity index (χ2v) is 3.39. The normalized spacial score (nSPS) is 9.17. The molecule has 0 atom stereocenters. The van der Waals surface area contributed by atoms with Gasteiger partial charge in [-0.05, 0) is 19.1 Å². The molecule has 6 nitrogen and oxygen atoms in total. The lowest BCUT2D eigenvalue weighted by Gasteiger charge is -2.04. The minimum atomic E-state index is -0.666. The third-order valence-corrected chi connectivity index (χ3v) is 2.13. The molecule has 0 bridgehead atoms. The minimum Gasteiger partial charge on any atom is -0.508 e. The summed E-state index contributed by atoms with van der Waals surface area (Å²) in [7, 11) is 0. The Balaban J connectivity index is 2.85. The molecule has 0 aliphatic rings. The molecular formula is C12H12N2O4. The lowest BCUT2D eigenvalue weighted by Crippen LogP contribution is -2.25. The zero-order valence-corrected chi connectivity index (χ0v) is 9.77. The number of hydrogen-bond acceptors (Lipinski definition) is 4. The molecule has 0 aromatic heterocycles. The van der Waals surface area contributed by atoms with Crippen LogP contribution in [0.2, 0.25) is 0 Å². The Hall–Kier alpha value is -2.55. The van der Waals surface area contributed by atoms with Crippen LogP contribution in [0.25, 0.3) is 0 Å². The van der Waals surface area contributed by atoms with Crippen molar-refractivity contribution in [2.45, 2.75) is 13.3 Å². The fraction of sp³-hybridized carbons (Fsp3) is 0.250. The average molecular weight is 248 g/mol. The Morgan fingerprint density at radius 2 is 2.28 bits per heavy atom. The van der Waals surface area contributed by atoms with Crippen LogP contribution in [0.5, 0.6) is 5.75 Å². The molecule has 2 N–H and O–H groups in total. The zero-order chi connectivity index (χ0) is 13.5. The maximum Gasteiger partial charge on any atom is 0.282 e. The van der Waals surface area contributed by atoms with Crippen LogP contribution in [-0.2, 0) is 0 Å². The third kappa shape index (κ3) is 3.49. The Morgan fingerprint density at radius 1 is 1.56 bits per heavy atom. The van der Waals surface area contributed by atoms with Gasteiger partial charge < -0.3 is 10.4 Å². The van der Waals surface area contributed by atoms with Crippen LogP contribution >= 0.6 is 0 Å². The van der Waals surface area contributed by atoms with Gasteiger partial charge in [0.15, 0.2) is 0 Å². The van der Waals surface area contributed by atoms with Crippen LogP contribution in [0.3, 0.4) is 0 Å². The van der Waals surface area contributed by atoms with Crippen molar-refractivity contribution in [2.24, 2.45) is 0 Å². The molecule has 0 fully saturated rings. The van der Waals surface area contributed by atoms with Gasteiger partial charge in [0, 0.05) is 19.0 Å². The molecule has 6 heteroatoms. The highest BCUT2D eigenvalue weighted by atomic mass is 16.6. The summed E-state index contributed by atoms with van der Waals surface area (Å²) in [6, 6.07) is 3.33. The van der Waals surface area contributed by atoms with Crippen LogP contribution in [0, 0.1) is 22.0 Å². The number of hydrogen-bond donors (Lipinski definition) is 2. The van der Waals surface area contributed by atoms with Gasteiger partial charge in [0.25, 0.3) is 11.6 Å². The van der Waals surface area contributed by atoms with Crippen molar-refractivity contribution < 1.29 is 14.8 Å². The third-order valence-electron chi connectivity index (χ3n) is 2.13. The first-order chi connectivity index (χ1) is 8.56. The topological polar surface area (TPSA) is 92.5 Å². The van der Waals surface area contributed by atoms with Gasteiger partial charge in [-0.3, -0.25) is 14.9 Å². The molecule has 94 valence electrons. The number of aromatic hydroxyl groups is 1. The average Bonchev–Trinajstić information content (AvgIpc) is 2.34. The predicted octanol–water partition coefficient (Wildman–Crippen LogP) is 1.44. The number of nitrogens with one attached hydrogen (secondary N) is 1. The molecule has 0 radical (unpaired) electrons. The number of carbonyl (C=O) groups excluding carboxylic acids is 1. The number of phenolic OH excluding ortho intramolecular Hbond substituents is 1. The number of carbonyl (C=O) groups is 1. The maximum atomic E-state index is 11.7. The quantitative estimate of drug-likeness (QED) is 0.365. The van der Waals surface area contributed by atoms with Gasteiger partial charge in [-0.2, -0.15) is 0 Å². The Labute approximate surface area is 104 Å². The van der Waals surface area contributed by atoms with Crippen molar-refractivity contribution in [3.63, 3.8) is 0 Å². The molecule has 0 unspecified atom stereocenters. The maximum absolute atomic E-state index is 11.7. The highest BCUT2D eigenvalue weighted by molar-refractivity contribution is 5.98. The molecule has 1 aromatic carbocycles. The lowest BCUT2D eigenvalue weighted by atomic mass is 10.1. The second-order valence-electron chi connectivity index (χ2n) is 3.39. The van der Waals surface area contributed by atoms with Crippen LogP contribution in [0.15, 0.2) is 18.2 Å². The number of rotatable bonds is 4. The summed E-state index contributed by atoms with van der Waals surface area (Å²) < 4.78 is 0. The number of nitro groups is 1. The van der Waals surface area contributed by atoms with E-state index in [4.69, 9.17) is 0 Å². The number of nitrogens with zero attached hydrogens (tertiary/aromatic N) is 1. The first kappa shape index (κ1) is 13.5. The lowest BCUT2D eigenvalue weighted by molar-refractivity contribution is -0.385. The molecular weight excluding hydrogens is 236 g/mol. The van der Waals surface area contributed by atoms with E-state index in [0.29, 0.717) is 13.0 Å². The standard InChI is InChI=1S/C12H12N2O4/c1-2-3-4-7-13-12(16)10-8-9(15)5-6-11(10)14(17)18/h5-6,8,15H,4,7H2,1H3,(H,13,16). The molecule has 0 saturated carbocycles. The van der Waals surface area contributed by atoms with E-state index in [1.807, 2.05) is 0 Å². The van der Waals surface area contributed by atoms with Gasteiger partial charge in [0.1, 0.15) is 11.3 Å². The van der Waals surface area contributed by atoms with Gasteiger partial charge in [-0.15, -0.1) is 11.8 Å². The van der Waals surface area contributed by atoms with Crippen LogP contribution in [0.4, 0.5) is 5.69 Å². The van der Waals surface area contributed by atoms with E-state index in [2.05, 4.69) is 17.2 Å². The molecule has 1 amide bonds. The molecule has 1 aromatic rings. The van der Waals surface area contributed by atoms with E-state index in [-0.39, 0.29) is 17.0 Å². The second kappa shape index (κ2) is 6.25. The highest BCUT2D eigenvalue weighted by Gasteiger charge is 2.20. The fourth-order valence-electron chi connectivity index (χ4n) is 1.32. The molecule has 0 aliphatic carbocycles. The molecule has 18 heavy (non-hydrogen) atoms. The van der Waals surface area contributed by atoms with Crippen molar-refractivity contribution in [1.29, 1.82) is 0 Å². The predicted molar refractivity (Wildman–Crippen MR) is 65.2 cm³/mol. The van der Waals surface area contributed by atoms with Crippen molar-refractivity contribution in [3.05, 3.63) is 33.9 Å². The van der Waals surface area contributed by atoms with Gasteiger partial charge in [0.2, 0.25) is 0 Å². The summed E-state index contributed by atoms with van der Waals surface area (Å²) in [6.45, 7) is 1.98. The first-order valence-corrected chi connectivity index (χ1v) is 5.21. The molecule has 0 heterocycles. The molecule has 0 aliphatic heterocycles. The Morgan fingerprint density at radius 3 is 2.89 bits per heavy atom. The largest absolute Gasteiger partial charge is 0.508 e. The molecule has 0 saturated heterocycles. The van der Waals surface area contributed by atoms with Crippen LogP contribution in [-0.4, -0.2) is 22.5 Å². The Bertz CT molecular complexity index is 529. The van der Waals surface area contributed by atoms with E-state index >= 15 is 0 Å².